The summed E-state index contributed by atoms with van der Waals surface area (Å²) in [5.41, 5.74) is 2.18. The van der Waals surface area contributed by atoms with Gasteiger partial charge in [-0.05, 0) is 36.4 Å². The lowest BCUT2D eigenvalue weighted by atomic mass is 10.1. The lowest BCUT2D eigenvalue weighted by Gasteiger charge is -2.06. The zero-order valence-corrected chi connectivity index (χ0v) is 15.9. The summed E-state index contributed by atoms with van der Waals surface area (Å²) in [4.78, 5) is 29.6. The lowest BCUT2D eigenvalue weighted by molar-refractivity contribution is 0.102. The normalized spacial score (nSPS) is 11.0. The fourth-order valence-corrected chi connectivity index (χ4v) is 4.11. The highest BCUT2D eigenvalue weighted by molar-refractivity contribution is 7.21. The van der Waals surface area contributed by atoms with Gasteiger partial charge in [-0.15, -0.1) is 11.3 Å². The Morgan fingerprint density at radius 1 is 0.931 bits per heavy atom. The van der Waals surface area contributed by atoms with Crippen LogP contribution in [-0.2, 0) is 0 Å². The maximum absolute atomic E-state index is 12.7. The summed E-state index contributed by atoms with van der Waals surface area (Å²) in [5, 5.41) is 4.35. The summed E-state index contributed by atoms with van der Waals surface area (Å²) in [6.07, 6.45) is 0. The molecule has 0 fully saturated rings. The van der Waals surface area contributed by atoms with E-state index in [1.807, 2.05) is 48.5 Å². The first-order chi connectivity index (χ1) is 14.2. The molecule has 1 N–H and O–H groups in total. The van der Waals surface area contributed by atoms with Gasteiger partial charge in [-0.2, -0.15) is 0 Å². The van der Waals surface area contributed by atoms with Gasteiger partial charge in [0.05, 0.1) is 10.2 Å². The van der Waals surface area contributed by atoms with Crippen molar-refractivity contribution in [1.29, 1.82) is 0 Å². The van der Waals surface area contributed by atoms with Gasteiger partial charge in [-0.1, -0.05) is 42.5 Å². The van der Waals surface area contributed by atoms with Gasteiger partial charge in [0, 0.05) is 16.6 Å². The molecule has 0 saturated heterocycles. The number of carbonyl (C=O) groups is 1. The van der Waals surface area contributed by atoms with Crippen LogP contribution in [0, 0.1) is 0 Å². The van der Waals surface area contributed by atoms with Crippen LogP contribution in [0.3, 0.4) is 0 Å². The minimum atomic E-state index is -0.663. The average Bonchev–Trinajstić information content (AvgIpc) is 3.18. The van der Waals surface area contributed by atoms with Crippen molar-refractivity contribution in [3.05, 3.63) is 94.8 Å². The minimum Gasteiger partial charge on any atom is -0.422 e. The highest BCUT2D eigenvalue weighted by atomic mass is 32.1. The zero-order valence-electron chi connectivity index (χ0n) is 15.1. The Labute approximate surface area is 169 Å². The molecule has 2 aromatic heterocycles. The second-order valence-electron chi connectivity index (χ2n) is 6.51. The van der Waals surface area contributed by atoms with Gasteiger partial charge in [-0.3, -0.25) is 4.79 Å². The number of para-hydroxylation sites is 2. The van der Waals surface area contributed by atoms with Crippen molar-refractivity contribution in [3.63, 3.8) is 0 Å². The van der Waals surface area contributed by atoms with Gasteiger partial charge in [0.15, 0.2) is 0 Å². The molecule has 0 spiro atoms. The van der Waals surface area contributed by atoms with E-state index in [9.17, 15) is 9.59 Å². The van der Waals surface area contributed by atoms with Gasteiger partial charge in [-0.25, -0.2) is 9.78 Å². The van der Waals surface area contributed by atoms with Crippen molar-refractivity contribution in [2.24, 2.45) is 0 Å². The predicted octanol–water partition coefficient (Wildman–Crippen LogP) is 5.32. The van der Waals surface area contributed by atoms with Gasteiger partial charge in [0.2, 0.25) is 0 Å². The molecule has 0 aliphatic carbocycles. The number of hydrogen-bond donors (Lipinski definition) is 1. The van der Waals surface area contributed by atoms with Crippen LogP contribution < -0.4 is 10.9 Å². The Morgan fingerprint density at radius 2 is 1.76 bits per heavy atom. The molecule has 0 radical (unpaired) electrons. The van der Waals surface area contributed by atoms with Crippen LogP contribution in [0.5, 0.6) is 0 Å². The number of nitrogens with zero attached hydrogens (tertiary/aromatic N) is 1. The summed E-state index contributed by atoms with van der Waals surface area (Å²) < 4.78 is 6.36. The van der Waals surface area contributed by atoms with Crippen LogP contribution in [-0.4, -0.2) is 10.9 Å². The highest BCUT2D eigenvalue weighted by Gasteiger charge is 2.14. The van der Waals surface area contributed by atoms with E-state index in [1.54, 1.807) is 41.7 Å². The highest BCUT2D eigenvalue weighted by Crippen LogP contribution is 2.31. The van der Waals surface area contributed by atoms with E-state index < -0.39 is 11.5 Å². The van der Waals surface area contributed by atoms with Crippen molar-refractivity contribution in [2.75, 3.05) is 5.32 Å². The van der Waals surface area contributed by atoms with Crippen molar-refractivity contribution in [3.8, 4) is 10.6 Å². The van der Waals surface area contributed by atoms with Crippen LogP contribution in [0.2, 0.25) is 0 Å². The molecule has 5 aromatic rings. The average molecular weight is 398 g/mol. The number of thiazole rings is 1. The Bertz CT molecular complexity index is 1400. The number of carbonyl (C=O) groups excluding carboxylic acids is 1. The smallest absolute Gasteiger partial charge is 0.349 e. The largest absolute Gasteiger partial charge is 0.422 e. The molecular formula is C23H14N2O3S. The second kappa shape index (κ2) is 7.00. The molecule has 5 rings (SSSR count). The maximum Gasteiger partial charge on any atom is 0.349 e. The quantitative estimate of drug-likeness (QED) is 0.417. The number of fused-ring (bicyclic) bond motifs is 2. The molecule has 0 unspecified atom stereocenters. The molecule has 0 saturated carbocycles. The molecule has 0 atom stereocenters. The summed E-state index contributed by atoms with van der Waals surface area (Å²) in [6, 6.07) is 24.0. The Balaban J connectivity index is 1.46. The topological polar surface area (TPSA) is 72.2 Å². The number of nitrogens with one attached hydrogen (secondary N) is 1. The third kappa shape index (κ3) is 3.30. The molecule has 3 aromatic carbocycles. The number of anilines is 1. The molecule has 140 valence electrons. The first-order valence-electron chi connectivity index (χ1n) is 8.98. The van der Waals surface area contributed by atoms with E-state index in [2.05, 4.69) is 10.3 Å². The van der Waals surface area contributed by atoms with Crippen LogP contribution in [0.25, 0.3) is 31.8 Å². The predicted molar refractivity (Wildman–Crippen MR) is 115 cm³/mol. The summed E-state index contributed by atoms with van der Waals surface area (Å²) >= 11 is 1.59. The van der Waals surface area contributed by atoms with Crippen molar-refractivity contribution in [1.82, 2.24) is 4.98 Å². The fourth-order valence-electron chi connectivity index (χ4n) is 3.14. The van der Waals surface area contributed by atoms with E-state index in [-0.39, 0.29) is 5.56 Å². The van der Waals surface area contributed by atoms with Crippen molar-refractivity contribution >= 4 is 44.1 Å². The van der Waals surface area contributed by atoms with E-state index >= 15 is 0 Å². The molecular weight excluding hydrogens is 384 g/mol. The van der Waals surface area contributed by atoms with Crippen molar-refractivity contribution in [2.45, 2.75) is 0 Å². The third-order valence-electron chi connectivity index (χ3n) is 4.55. The van der Waals surface area contributed by atoms with Crippen LogP contribution in [0.4, 0.5) is 5.69 Å². The first kappa shape index (κ1) is 17.3. The van der Waals surface area contributed by atoms with Crippen LogP contribution in [0.1, 0.15) is 10.4 Å². The number of benzene rings is 3. The van der Waals surface area contributed by atoms with Gasteiger partial charge in [0.25, 0.3) is 5.91 Å². The molecule has 0 bridgehead atoms. The Kier molecular flexibility index (Phi) is 4.18. The molecule has 2 heterocycles. The molecule has 0 aliphatic rings. The van der Waals surface area contributed by atoms with Crippen LogP contribution >= 0.6 is 11.3 Å². The van der Waals surface area contributed by atoms with E-state index in [0.717, 1.165) is 20.8 Å². The lowest BCUT2D eigenvalue weighted by Crippen LogP contribution is -2.20. The number of amides is 1. The van der Waals surface area contributed by atoms with Gasteiger partial charge in [0.1, 0.15) is 16.2 Å². The second-order valence-corrected chi connectivity index (χ2v) is 7.54. The van der Waals surface area contributed by atoms with E-state index in [1.165, 1.54) is 0 Å². The molecule has 6 heteroatoms. The molecule has 5 nitrogen and oxygen atoms in total. The van der Waals surface area contributed by atoms with Crippen molar-refractivity contribution < 1.29 is 9.21 Å². The fraction of sp³-hybridized carbons (Fsp3) is 0. The Hall–Kier alpha value is -3.77. The maximum atomic E-state index is 12.7. The molecule has 0 aliphatic heterocycles. The minimum absolute atomic E-state index is 0.0332. The monoisotopic (exact) mass is 398 g/mol. The van der Waals surface area contributed by atoms with E-state index in [0.29, 0.717) is 16.7 Å². The van der Waals surface area contributed by atoms with Crippen LogP contribution in [0.15, 0.2) is 88.1 Å². The SMILES string of the molecule is O=C(Nc1cccc(-c2nc3ccccc3s2)c1)c1cc2ccccc2oc1=O. The van der Waals surface area contributed by atoms with Gasteiger partial charge >= 0.3 is 5.63 Å². The molecule has 1 amide bonds. The number of rotatable bonds is 3. The third-order valence-corrected chi connectivity index (χ3v) is 5.63. The van der Waals surface area contributed by atoms with E-state index in [4.69, 9.17) is 4.42 Å². The first-order valence-corrected chi connectivity index (χ1v) is 9.79. The Morgan fingerprint density at radius 3 is 2.66 bits per heavy atom. The summed E-state index contributed by atoms with van der Waals surface area (Å²) in [5.74, 6) is -0.508. The number of aromatic nitrogens is 1. The standard InChI is InChI=1S/C23H14N2O3S/c26-21(17-13-14-6-1-3-10-19(14)28-23(17)27)24-16-8-5-7-15(12-16)22-25-18-9-2-4-11-20(18)29-22/h1-13H,(H,24,26). The number of hydrogen-bond acceptors (Lipinski definition) is 5. The molecule has 29 heavy (non-hydrogen) atoms. The van der Waals surface area contributed by atoms with Gasteiger partial charge < -0.3 is 9.73 Å². The summed E-state index contributed by atoms with van der Waals surface area (Å²) in [6.45, 7) is 0. The summed E-state index contributed by atoms with van der Waals surface area (Å²) in [7, 11) is 0. The zero-order chi connectivity index (χ0) is 19.8.